The maximum absolute atomic E-state index is 11.0. The minimum Gasteiger partial charge on any atom is -0.294 e. The fraction of sp³-hybridized carbons (Fsp3) is 0.143. The fourth-order valence-corrected chi connectivity index (χ4v) is 1.61. The molecule has 66 valence electrons. The van der Waals surface area contributed by atoms with Crippen molar-refractivity contribution in [3.05, 3.63) is 17.4 Å². The van der Waals surface area contributed by atoms with E-state index in [2.05, 4.69) is 20.2 Å². The maximum atomic E-state index is 11.0. The minimum absolute atomic E-state index is 0.0169. The van der Waals surface area contributed by atoms with E-state index in [1.54, 1.807) is 6.20 Å². The second kappa shape index (κ2) is 3.06. The van der Waals surface area contributed by atoms with Gasteiger partial charge in [0.05, 0.1) is 4.88 Å². The van der Waals surface area contributed by atoms with E-state index in [1.165, 1.54) is 24.6 Å². The summed E-state index contributed by atoms with van der Waals surface area (Å²) in [6.45, 7) is 1.51. The predicted octanol–water partition coefficient (Wildman–Crippen LogP) is 1.13. The number of hydrogen-bond acceptors (Lipinski definition) is 5. The number of carbonyl (C=O) groups excluding carboxylic acids is 1. The third-order valence-corrected chi connectivity index (χ3v) is 2.58. The van der Waals surface area contributed by atoms with Crippen molar-refractivity contribution < 1.29 is 4.79 Å². The Morgan fingerprint density at radius 3 is 2.92 bits per heavy atom. The number of aromatic amines is 1. The van der Waals surface area contributed by atoms with E-state index >= 15 is 0 Å². The molecule has 6 heteroatoms. The highest BCUT2D eigenvalue weighted by molar-refractivity contribution is 7.16. The van der Waals surface area contributed by atoms with Crippen LogP contribution in [-0.4, -0.2) is 25.9 Å². The molecule has 0 aliphatic carbocycles. The second-order valence-electron chi connectivity index (χ2n) is 2.42. The van der Waals surface area contributed by atoms with Gasteiger partial charge in [-0.2, -0.15) is 5.10 Å². The number of nitrogens with one attached hydrogen (secondary N) is 1. The molecule has 2 heterocycles. The van der Waals surface area contributed by atoms with Gasteiger partial charge in [-0.05, 0) is 0 Å². The SMILES string of the molecule is CC(=O)c1cnc(-c2ncn[nH]2)s1. The van der Waals surface area contributed by atoms with Crippen molar-refractivity contribution in [2.75, 3.05) is 0 Å². The van der Waals surface area contributed by atoms with Crippen molar-refractivity contribution >= 4 is 17.1 Å². The zero-order valence-corrected chi connectivity index (χ0v) is 7.63. The number of thiazole rings is 1. The van der Waals surface area contributed by atoms with Gasteiger partial charge in [-0.15, -0.1) is 11.3 Å². The highest BCUT2D eigenvalue weighted by atomic mass is 32.1. The Morgan fingerprint density at radius 1 is 1.54 bits per heavy atom. The third kappa shape index (κ3) is 1.48. The first kappa shape index (κ1) is 8.06. The molecule has 13 heavy (non-hydrogen) atoms. The van der Waals surface area contributed by atoms with E-state index in [4.69, 9.17) is 0 Å². The molecule has 0 bridgehead atoms. The molecule has 2 rings (SSSR count). The molecule has 1 N–H and O–H groups in total. The smallest absolute Gasteiger partial charge is 0.184 e. The standard InChI is InChI=1S/C7H6N4OS/c1-4(12)5-2-8-7(13-5)6-9-3-10-11-6/h2-3H,1H3,(H,9,10,11). The van der Waals surface area contributed by atoms with Crippen LogP contribution in [-0.2, 0) is 0 Å². The zero-order chi connectivity index (χ0) is 9.26. The summed E-state index contributed by atoms with van der Waals surface area (Å²) in [4.78, 5) is 19.6. The van der Waals surface area contributed by atoms with Crippen LogP contribution in [0.3, 0.4) is 0 Å². The lowest BCUT2D eigenvalue weighted by atomic mass is 10.4. The summed E-state index contributed by atoms with van der Waals surface area (Å²) in [5, 5.41) is 7.06. The lowest BCUT2D eigenvalue weighted by Gasteiger charge is -1.84. The first-order valence-corrected chi connectivity index (χ1v) is 4.41. The molecule has 2 aromatic heterocycles. The number of carbonyl (C=O) groups is 1. The van der Waals surface area contributed by atoms with Gasteiger partial charge in [0.15, 0.2) is 16.6 Å². The second-order valence-corrected chi connectivity index (χ2v) is 3.45. The monoisotopic (exact) mass is 194 g/mol. The molecular weight excluding hydrogens is 188 g/mol. The van der Waals surface area contributed by atoms with Crippen LogP contribution in [0.4, 0.5) is 0 Å². The summed E-state index contributed by atoms with van der Waals surface area (Å²) in [5.41, 5.74) is 0. The quantitative estimate of drug-likeness (QED) is 0.727. The summed E-state index contributed by atoms with van der Waals surface area (Å²) < 4.78 is 0. The van der Waals surface area contributed by atoms with Crippen molar-refractivity contribution in [1.29, 1.82) is 0 Å². The number of nitrogens with zero attached hydrogens (tertiary/aromatic N) is 3. The van der Waals surface area contributed by atoms with Gasteiger partial charge in [-0.3, -0.25) is 9.89 Å². The molecule has 0 saturated heterocycles. The Balaban J connectivity index is 2.39. The molecule has 2 aromatic rings. The summed E-state index contributed by atoms with van der Waals surface area (Å²) in [5.74, 6) is 0.612. The van der Waals surface area contributed by atoms with E-state index in [0.29, 0.717) is 15.7 Å². The third-order valence-electron chi connectivity index (χ3n) is 1.47. The number of aromatic nitrogens is 4. The van der Waals surface area contributed by atoms with Crippen LogP contribution in [0.15, 0.2) is 12.5 Å². The van der Waals surface area contributed by atoms with E-state index in [0.717, 1.165) is 0 Å². The van der Waals surface area contributed by atoms with Crippen molar-refractivity contribution in [2.24, 2.45) is 0 Å². The highest BCUT2D eigenvalue weighted by Gasteiger charge is 2.09. The Hall–Kier alpha value is -1.56. The average molecular weight is 194 g/mol. The molecule has 0 aromatic carbocycles. The lowest BCUT2D eigenvalue weighted by molar-refractivity contribution is 0.102. The van der Waals surface area contributed by atoms with Gasteiger partial charge in [0.25, 0.3) is 0 Å². The molecule has 5 nitrogen and oxygen atoms in total. The van der Waals surface area contributed by atoms with Crippen LogP contribution in [0.5, 0.6) is 0 Å². The number of rotatable bonds is 2. The van der Waals surface area contributed by atoms with Gasteiger partial charge >= 0.3 is 0 Å². The van der Waals surface area contributed by atoms with Gasteiger partial charge in [0, 0.05) is 13.1 Å². The average Bonchev–Trinajstić information content (AvgIpc) is 2.75. The van der Waals surface area contributed by atoms with Gasteiger partial charge in [-0.25, -0.2) is 9.97 Å². The van der Waals surface area contributed by atoms with Crippen LogP contribution in [0.1, 0.15) is 16.6 Å². The number of Topliss-reactive ketones (excluding diaryl/α,β-unsaturated/α-hetero) is 1. The molecule has 0 aliphatic heterocycles. The zero-order valence-electron chi connectivity index (χ0n) is 6.81. The van der Waals surface area contributed by atoms with Crippen molar-refractivity contribution in [2.45, 2.75) is 6.92 Å². The number of hydrogen-bond donors (Lipinski definition) is 1. The summed E-state index contributed by atoms with van der Waals surface area (Å²) >= 11 is 1.30. The normalized spacial score (nSPS) is 10.2. The van der Waals surface area contributed by atoms with Crippen molar-refractivity contribution in [3.8, 4) is 10.8 Å². The Kier molecular flexibility index (Phi) is 1.90. The molecule has 0 spiro atoms. The fourth-order valence-electron chi connectivity index (χ4n) is 0.855. The Morgan fingerprint density at radius 2 is 2.38 bits per heavy atom. The Bertz CT molecular complexity index is 419. The molecule has 0 saturated carbocycles. The molecule has 0 fully saturated rings. The van der Waals surface area contributed by atoms with Crippen LogP contribution in [0.25, 0.3) is 10.8 Å². The van der Waals surface area contributed by atoms with Crippen LogP contribution < -0.4 is 0 Å². The molecule has 0 amide bonds. The number of H-pyrrole nitrogens is 1. The van der Waals surface area contributed by atoms with Crippen LogP contribution in [0.2, 0.25) is 0 Å². The summed E-state index contributed by atoms with van der Waals surface area (Å²) in [6.07, 6.45) is 2.95. The van der Waals surface area contributed by atoms with E-state index in [1.807, 2.05) is 0 Å². The van der Waals surface area contributed by atoms with Gasteiger partial charge in [0.2, 0.25) is 0 Å². The van der Waals surface area contributed by atoms with E-state index in [9.17, 15) is 4.79 Å². The predicted molar refractivity (Wildman–Crippen MR) is 47.5 cm³/mol. The van der Waals surface area contributed by atoms with Gasteiger partial charge < -0.3 is 0 Å². The molecular formula is C7H6N4OS. The first-order valence-electron chi connectivity index (χ1n) is 3.60. The molecule has 0 unspecified atom stereocenters. The van der Waals surface area contributed by atoms with Crippen molar-refractivity contribution in [1.82, 2.24) is 20.2 Å². The Labute approximate surface area is 77.9 Å². The van der Waals surface area contributed by atoms with Crippen molar-refractivity contribution in [3.63, 3.8) is 0 Å². The van der Waals surface area contributed by atoms with Gasteiger partial charge in [0.1, 0.15) is 6.33 Å². The lowest BCUT2D eigenvalue weighted by Crippen LogP contribution is -1.83. The summed E-state index contributed by atoms with van der Waals surface area (Å²) in [6, 6.07) is 0. The topological polar surface area (TPSA) is 71.5 Å². The van der Waals surface area contributed by atoms with E-state index in [-0.39, 0.29) is 5.78 Å². The molecule has 0 atom stereocenters. The largest absolute Gasteiger partial charge is 0.294 e. The maximum Gasteiger partial charge on any atom is 0.184 e. The molecule has 0 aliphatic rings. The van der Waals surface area contributed by atoms with E-state index < -0.39 is 0 Å². The number of ketones is 1. The minimum atomic E-state index is 0.0169. The van der Waals surface area contributed by atoms with Gasteiger partial charge in [-0.1, -0.05) is 0 Å². The van der Waals surface area contributed by atoms with Crippen LogP contribution >= 0.6 is 11.3 Å². The highest BCUT2D eigenvalue weighted by Crippen LogP contribution is 2.21. The van der Waals surface area contributed by atoms with Crippen LogP contribution in [0, 0.1) is 0 Å². The first-order chi connectivity index (χ1) is 6.27. The molecule has 0 radical (unpaired) electrons. The summed E-state index contributed by atoms with van der Waals surface area (Å²) in [7, 11) is 0.